The molecular weight excluding hydrogens is 408 g/mol. The number of nitrogens with zero attached hydrogens (tertiary/aromatic N) is 4. The predicted octanol–water partition coefficient (Wildman–Crippen LogP) is 2.69. The van der Waals surface area contributed by atoms with Gasteiger partial charge in [-0.05, 0) is 30.9 Å². The maximum absolute atomic E-state index is 13.4. The van der Waals surface area contributed by atoms with Crippen molar-refractivity contribution in [2.75, 3.05) is 18.1 Å². The van der Waals surface area contributed by atoms with Crippen molar-refractivity contribution in [2.45, 2.75) is 43.6 Å². The van der Waals surface area contributed by atoms with E-state index in [0.29, 0.717) is 12.5 Å². The second-order valence-corrected chi connectivity index (χ2v) is 8.98. The summed E-state index contributed by atoms with van der Waals surface area (Å²) in [4.78, 5) is 11.7. The number of sulfone groups is 1. The first-order valence-electron chi connectivity index (χ1n) is 9.11. The summed E-state index contributed by atoms with van der Waals surface area (Å²) in [5, 5.41) is 23.2. The Morgan fingerprint density at radius 2 is 1.97 bits per heavy atom. The average molecular weight is 429 g/mol. The highest BCUT2D eigenvalue weighted by Crippen LogP contribution is 2.31. The molecule has 29 heavy (non-hydrogen) atoms. The van der Waals surface area contributed by atoms with Crippen molar-refractivity contribution >= 4 is 21.6 Å². The normalized spacial score (nSPS) is 15.6. The summed E-state index contributed by atoms with van der Waals surface area (Å²) in [5.74, 6) is -1.45. The number of halogens is 2. The molecule has 158 valence electrons. The average Bonchev–Trinajstić information content (AvgIpc) is 3.07. The monoisotopic (exact) mass is 429 g/mol. The first-order valence-corrected chi connectivity index (χ1v) is 11.0. The van der Waals surface area contributed by atoms with Crippen molar-refractivity contribution < 1.29 is 27.1 Å². The SMILES string of the molecule is CS(=O)(=O)c1ccc(-n2nc(C(F)F)c(C(=O)O)c2NCC2CCCCC2)nn1. The molecule has 0 aliphatic heterocycles. The lowest BCUT2D eigenvalue weighted by Gasteiger charge is -2.22. The molecule has 1 fully saturated rings. The molecular formula is C17H21F2N5O4S. The molecule has 2 aromatic heterocycles. The van der Waals surface area contributed by atoms with Crippen molar-refractivity contribution in [3.05, 3.63) is 23.4 Å². The van der Waals surface area contributed by atoms with Crippen LogP contribution >= 0.6 is 0 Å². The summed E-state index contributed by atoms with van der Waals surface area (Å²) in [6.07, 6.45) is 3.06. The number of carboxylic acids is 1. The summed E-state index contributed by atoms with van der Waals surface area (Å²) >= 11 is 0. The number of carbonyl (C=O) groups is 1. The van der Waals surface area contributed by atoms with Crippen LogP contribution in [-0.2, 0) is 9.84 Å². The second kappa shape index (κ2) is 8.39. The smallest absolute Gasteiger partial charge is 0.341 e. The van der Waals surface area contributed by atoms with E-state index in [1.807, 2.05) is 0 Å². The predicted molar refractivity (Wildman–Crippen MR) is 99.2 cm³/mol. The van der Waals surface area contributed by atoms with E-state index in [9.17, 15) is 27.1 Å². The molecule has 0 spiro atoms. The summed E-state index contributed by atoms with van der Waals surface area (Å²) < 4.78 is 50.9. The quantitative estimate of drug-likeness (QED) is 0.688. The molecule has 12 heteroatoms. The molecule has 2 N–H and O–H groups in total. The van der Waals surface area contributed by atoms with Crippen LogP contribution < -0.4 is 5.32 Å². The number of hydrogen-bond donors (Lipinski definition) is 2. The van der Waals surface area contributed by atoms with Gasteiger partial charge in [-0.3, -0.25) is 0 Å². The zero-order valence-electron chi connectivity index (χ0n) is 15.7. The Bertz CT molecular complexity index is 986. The van der Waals surface area contributed by atoms with Gasteiger partial charge in [0.2, 0.25) is 0 Å². The molecule has 1 aliphatic carbocycles. The van der Waals surface area contributed by atoms with Crippen LogP contribution in [0.5, 0.6) is 0 Å². The maximum Gasteiger partial charge on any atom is 0.341 e. The van der Waals surface area contributed by atoms with Gasteiger partial charge in [-0.15, -0.1) is 10.2 Å². The Morgan fingerprint density at radius 3 is 2.48 bits per heavy atom. The summed E-state index contributed by atoms with van der Waals surface area (Å²) in [6, 6.07) is 2.40. The van der Waals surface area contributed by atoms with E-state index in [4.69, 9.17) is 0 Å². The first-order chi connectivity index (χ1) is 13.7. The van der Waals surface area contributed by atoms with Crippen molar-refractivity contribution in [1.82, 2.24) is 20.0 Å². The zero-order chi connectivity index (χ0) is 21.2. The van der Waals surface area contributed by atoms with Crippen LogP contribution in [-0.4, -0.2) is 52.3 Å². The van der Waals surface area contributed by atoms with Crippen LogP contribution in [0.25, 0.3) is 5.82 Å². The van der Waals surface area contributed by atoms with Gasteiger partial charge in [-0.1, -0.05) is 19.3 Å². The van der Waals surface area contributed by atoms with E-state index in [-0.39, 0.29) is 16.7 Å². The zero-order valence-corrected chi connectivity index (χ0v) is 16.5. The lowest BCUT2D eigenvalue weighted by Crippen LogP contribution is -2.20. The number of nitrogens with one attached hydrogen (secondary N) is 1. The van der Waals surface area contributed by atoms with E-state index < -0.39 is 33.5 Å². The molecule has 0 atom stereocenters. The van der Waals surface area contributed by atoms with Crippen LogP contribution in [0.2, 0.25) is 0 Å². The number of hydrogen-bond acceptors (Lipinski definition) is 7. The third-order valence-corrected chi connectivity index (χ3v) is 5.82. The lowest BCUT2D eigenvalue weighted by atomic mass is 9.89. The van der Waals surface area contributed by atoms with Gasteiger partial charge in [0.05, 0.1) is 0 Å². The Morgan fingerprint density at radius 1 is 1.28 bits per heavy atom. The molecule has 0 amide bonds. The number of carboxylic acid groups (broad SMARTS) is 1. The maximum atomic E-state index is 13.4. The molecule has 9 nitrogen and oxygen atoms in total. The van der Waals surface area contributed by atoms with Crippen LogP contribution in [0, 0.1) is 5.92 Å². The minimum Gasteiger partial charge on any atom is -0.477 e. The fourth-order valence-corrected chi connectivity index (χ4v) is 3.89. The second-order valence-electron chi connectivity index (χ2n) is 7.01. The van der Waals surface area contributed by atoms with Gasteiger partial charge >= 0.3 is 5.97 Å². The van der Waals surface area contributed by atoms with Crippen LogP contribution in [0.1, 0.15) is 54.6 Å². The van der Waals surface area contributed by atoms with Crippen molar-refractivity contribution in [2.24, 2.45) is 5.92 Å². The minimum absolute atomic E-state index is 0.0713. The Hall–Kier alpha value is -2.63. The number of alkyl halides is 2. The number of aromatic nitrogens is 4. The van der Waals surface area contributed by atoms with Crippen LogP contribution in [0.15, 0.2) is 17.2 Å². The first kappa shape index (κ1) is 21.1. The fourth-order valence-electron chi connectivity index (χ4n) is 3.38. The van der Waals surface area contributed by atoms with E-state index in [1.54, 1.807) is 0 Å². The number of rotatable bonds is 7. The van der Waals surface area contributed by atoms with E-state index in [2.05, 4.69) is 20.6 Å². The van der Waals surface area contributed by atoms with E-state index in [0.717, 1.165) is 49.1 Å². The fraction of sp³-hybridized carbons (Fsp3) is 0.529. The highest BCUT2D eigenvalue weighted by atomic mass is 32.2. The van der Waals surface area contributed by atoms with Gasteiger partial charge in [0.25, 0.3) is 6.43 Å². The van der Waals surface area contributed by atoms with Crippen molar-refractivity contribution in [1.29, 1.82) is 0 Å². The summed E-state index contributed by atoms with van der Waals surface area (Å²) in [6.45, 7) is 0.406. The van der Waals surface area contributed by atoms with E-state index >= 15 is 0 Å². The third kappa shape index (κ3) is 4.69. The Kier molecular flexibility index (Phi) is 6.10. The molecule has 3 rings (SSSR count). The molecule has 0 radical (unpaired) electrons. The van der Waals surface area contributed by atoms with Gasteiger partial charge in [0, 0.05) is 12.8 Å². The lowest BCUT2D eigenvalue weighted by molar-refractivity contribution is 0.0685. The van der Waals surface area contributed by atoms with Crippen LogP contribution in [0.3, 0.4) is 0 Å². The third-order valence-electron chi connectivity index (χ3n) is 4.84. The highest BCUT2D eigenvalue weighted by molar-refractivity contribution is 7.90. The van der Waals surface area contributed by atoms with Crippen LogP contribution in [0.4, 0.5) is 14.6 Å². The molecule has 1 saturated carbocycles. The molecule has 0 saturated heterocycles. The largest absolute Gasteiger partial charge is 0.477 e. The summed E-state index contributed by atoms with van der Waals surface area (Å²) in [7, 11) is -3.60. The minimum atomic E-state index is -3.60. The standard InChI is InChI=1S/C17H21F2N5O4S/c1-29(27,28)12-8-7-11(21-22-12)24-16(20-9-10-5-3-2-4-6-10)13(17(25)26)14(23-24)15(18)19/h7-8,10,15,20H,2-6,9H2,1H3,(H,25,26). The molecule has 2 aromatic rings. The molecule has 0 bridgehead atoms. The molecule has 2 heterocycles. The van der Waals surface area contributed by atoms with Gasteiger partial charge < -0.3 is 10.4 Å². The molecule has 0 aromatic carbocycles. The van der Waals surface area contributed by atoms with Crippen molar-refractivity contribution in [3.63, 3.8) is 0 Å². The van der Waals surface area contributed by atoms with Crippen molar-refractivity contribution in [3.8, 4) is 5.82 Å². The van der Waals surface area contributed by atoms with Gasteiger partial charge in [-0.2, -0.15) is 9.78 Å². The summed E-state index contributed by atoms with van der Waals surface area (Å²) in [5.41, 5.74) is -1.53. The molecule has 1 aliphatic rings. The Labute approximate surface area is 166 Å². The Balaban J connectivity index is 2.02. The molecule has 0 unspecified atom stereocenters. The van der Waals surface area contributed by atoms with E-state index in [1.165, 1.54) is 6.07 Å². The number of aromatic carboxylic acids is 1. The topological polar surface area (TPSA) is 127 Å². The van der Waals surface area contributed by atoms with Gasteiger partial charge in [0.15, 0.2) is 20.7 Å². The highest BCUT2D eigenvalue weighted by Gasteiger charge is 2.30. The van der Waals surface area contributed by atoms with Gasteiger partial charge in [0.1, 0.15) is 17.1 Å². The van der Waals surface area contributed by atoms with Gasteiger partial charge in [-0.25, -0.2) is 22.0 Å². The number of anilines is 1.